The van der Waals surface area contributed by atoms with Crippen molar-refractivity contribution in [1.29, 1.82) is 5.26 Å². The van der Waals surface area contributed by atoms with E-state index in [9.17, 15) is 0 Å². The first kappa shape index (κ1) is 24.6. The second kappa shape index (κ2) is 11.2. The van der Waals surface area contributed by atoms with Crippen LogP contribution in [0.1, 0.15) is 31.9 Å². The molecule has 33 heavy (non-hydrogen) atoms. The number of nitrogens with zero attached hydrogens (tertiary/aromatic N) is 4. The molecule has 1 heterocycles. The van der Waals surface area contributed by atoms with Gasteiger partial charge in [-0.1, -0.05) is 23.4 Å². The Morgan fingerprint density at radius 2 is 1.91 bits per heavy atom. The zero-order valence-electron chi connectivity index (χ0n) is 18.8. The maximum Gasteiger partial charge on any atom is 0.190 e. The molecular weight excluding hydrogens is 463 g/mol. The Balaban J connectivity index is 2.12. The fourth-order valence-electron chi connectivity index (χ4n) is 3.14. The van der Waals surface area contributed by atoms with E-state index in [0.717, 1.165) is 0 Å². The van der Waals surface area contributed by atoms with E-state index in [1.54, 1.807) is 42.5 Å². The molecule has 0 atom stereocenters. The van der Waals surface area contributed by atoms with E-state index in [1.165, 1.54) is 11.8 Å². The molecule has 0 saturated heterocycles. The van der Waals surface area contributed by atoms with Crippen LogP contribution in [-0.2, 0) is 6.54 Å². The van der Waals surface area contributed by atoms with Crippen molar-refractivity contribution in [2.45, 2.75) is 38.6 Å². The molecule has 0 unspecified atom stereocenters. The molecule has 0 bridgehead atoms. The van der Waals surface area contributed by atoms with E-state index in [0.29, 0.717) is 40.1 Å². The second-order valence-electron chi connectivity index (χ2n) is 7.27. The summed E-state index contributed by atoms with van der Waals surface area (Å²) in [5, 5.41) is 9.92. The van der Waals surface area contributed by atoms with Gasteiger partial charge in [-0.2, -0.15) is 5.26 Å². The molecule has 0 amide bonds. The third kappa shape index (κ3) is 6.28. The number of aromatic nitrogens is 2. The summed E-state index contributed by atoms with van der Waals surface area (Å²) in [6.07, 6.45) is 1.64. The predicted octanol–water partition coefficient (Wildman–Crippen LogP) is 6.39. The van der Waals surface area contributed by atoms with Gasteiger partial charge in [-0.3, -0.25) is 0 Å². The van der Waals surface area contributed by atoms with Crippen LogP contribution in [0, 0.1) is 17.1 Å². The highest BCUT2D eigenvalue weighted by Gasteiger charge is 2.20. The van der Waals surface area contributed by atoms with E-state index >= 15 is 4.39 Å². The normalized spacial score (nSPS) is 10.7. The highest BCUT2D eigenvalue weighted by atomic mass is 35.5. The number of halogens is 2. The van der Waals surface area contributed by atoms with Gasteiger partial charge in [0.15, 0.2) is 16.7 Å². The van der Waals surface area contributed by atoms with Crippen molar-refractivity contribution in [2.24, 2.45) is 0 Å². The van der Waals surface area contributed by atoms with Crippen molar-refractivity contribution in [3.8, 4) is 17.6 Å². The van der Waals surface area contributed by atoms with Crippen LogP contribution in [0.2, 0.25) is 5.15 Å². The lowest BCUT2D eigenvalue weighted by Gasteiger charge is -2.25. The maximum atomic E-state index is 15.5. The lowest BCUT2D eigenvalue weighted by Crippen LogP contribution is -2.20. The van der Waals surface area contributed by atoms with Gasteiger partial charge < -0.3 is 14.4 Å². The molecule has 3 rings (SSSR count). The average Bonchev–Trinajstić information content (AvgIpc) is 2.79. The van der Waals surface area contributed by atoms with Crippen LogP contribution < -0.4 is 14.4 Å². The van der Waals surface area contributed by atoms with Crippen molar-refractivity contribution in [3.63, 3.8) is 0 Å². The Bertz CT molecular complexity index is 1150. The van der Waals surface area contributed by atoms with E-state index in [4.69, 9.17) is 26.3 Å². The molecule has 1 aromatic heterocycles. The highest BCUT2D eigenvalue weighted by molar-refractivity contribution is 7.98. The molecular formula is C24H24ClFN4O2S. The number of rotatable bonds is 9. The lowest BCUT2D eigenvalue weighted by atomic mass is 10.1. The highest BCUT2D eigenvalue weighted by Crippen LogP contribution is 2.34. The smallest absolute Gasteiger partial charge is 0.190 e. The molecule has 9 heteroatoms. The molecule has 0 fully saturated rings. The Kier molecular flexibility index (Phi) is 8.37. The van der Waals surface area contributed by atoms with Gasteiger partial charge in [-0.25, -0.2) is 14.4 Å². The van der Waals surface area contributed by atoms with Gasteiger partial charge in [-0.05, 0) is 57.4 Å². The summed E-state index contributed by atoms with van der Waals surface area (Å²) < 4.78 is 26.8. The molecule has 0 N–H and O–H groups in total. The summed E-state index contributed by atoms with van der Waals surface area (Å²) in [6, 6.07) is 13.9. The Labute approximate surface area is 202 Å². The van der Waals surface area contributed by atoms with Crippen molar-refractivity contribution in [1.82, 2.24) is 9.97 Å². The molecule has 0 aliphatic carbocycles. The van der Waals surface area contributed by atoms with Crippen LogP contribution in [0.5, 0.6) is 11.5 Å². The zero-order chi connectivity index (χ0) is 24.0. The molecule has 0 aliphatic heterocycles. The maximum absolute atomic E-state index is 15.5. The summed E-state index contributed by atoms with van der Waals surface area (Å²) >= 11 is 7.60. The van der Waals surface area contributed by atoms with E-state index in [2.05, 4.69) is 16.0 Å². The summed E-state index contributed by atoms with van der Waals surface area (Å²) in [5.41, 5.74) is 1.59. The lowest BCUT2D eigenvalue weighted by molar-refractivity contribution is 0.228. The average molecular weight is 487 g/mol. The minimum atomic E-state index is -0.476. The third-order valence-corrected chi connectivity index (χ3v) is 5.26. The monoisotopic (exact) mass is 486 g/mol. The first-order valence-corrected chi connectivity index (χ1v) is 11.9. The summed E-state index contributed by atoms with van der Waals surface area (Å²) in [5.74, 6) is 0.652. The number of anilines is 2. The topological polar surface area (TPSA) is 71.3 Å². The minimum absolute atomic E-state index is 0.119. The van der Waals surface area contributed by atoms with Gasteiger partial charge in [-0.15, -0.1) is 0 Å². The molecule has 6 nitrogen and oxygen atoms in total. The number of nitriles is 1. The van der Waals surface area contributed by atoms with E-state index in [-0.39, 0.29) is 23.6 Å². The molecule has 0 radical (unpaired) electrons. The SMILES string of the molecule is CCOc1cc(CN(c2ccc(C#N)cc2)c2cc(Cl)nc(SC)n2)c(F)c(OC(C)C)c1. The van der Waals surface area contributed by atoms with Crippen molar-refractivity contribution < 1.29 is 13.9 Å². The fourth-order valence-corrected chi connectivity index (χ4v) is 3.74. The van der Waals surface area contributed by atoms with Gasteiger partial charge in [0, 0.05) is 23.4 Å². The number of ether oxygens (including phenoxy) is 2. The standard InChI is InChI=1S/C24H24ClFN4O2S/c1-5-31-19-10-17(23(26)20(11-19)32-15(2)3)14-30(18-8-6-16(13-27)7-9-18)22-12-21(25)28-24(29-22)33-4/h6-12,15H,5,14H2,1-4H3. The van der Waals surface area contributed by atoms with Crippen LogP contribution in [0.15, 0.2) is 47.6 Å². The molecule has 0 saturated carbocycles. The van der Waals surface area contributed by atoms with Crippen LogP contribution in [0.4, 0.5) is 15.9 Å². The molecule has 2 aromatic carbocycles. The first-order chi connectivity index (χ1) is 15.8. The number of thioether (sulfide) groups is 1. The largest absolute Gasteiger partial charge is 0.494 e. The first-order valence-electron chi connectivity index (χ1n) is 10.3. The molecule has 172 valence electrons. The van der Waals surface area contributed by atoms with E-state index in [1.807, 2.05) is 31.9 Å². The van der Waals surface area contributed by atoms with E-state index < -0.39 is 5.82 Å². The number of hydrogen-bond acceptors (Lipinski definition) is 7. The number of hydrogen-bond donors (Lipinski definition) is 0. The summed E-state index contributed by atoms with van der Waals surface area (Å²) in [4.78, 5) is 10.6. The summed E-state index contributed by atoms with van der Waals surface area (Å²) in [7, 11) is 0. The van der Waals surface area contributed by atoms with Gasteiger partial charge in [0.1, 0.15) is 16.7 Å². The van der Waals surface area contributed by atoms with Gasteiger partial charge in [0.25, 0.3) is 0 Å². The quantitative estimate of drug-likeness (QED) is 0.197. The zero-order valence-corrected chi connectivity index (χ0v) is 20.4. The van der Waals surface area contributed by atoms with Crippen molar-refractivity contribution >= 4 is 34.9 Å². The van der Waals surface area contributed by atoms with Crippen molar-refractivity contribution in [2.75, 3.05) is 17.8 Å². The predicted molar refractivity (Wildman–Crippen MR) is 129 cm³/mol. The molecule has 0 spiro atoms. The fraction of sp³-hybridized carbons (Fsp3) is 0.292. The molecule has 0 aliphatic rings. The Morgan fingerprint density at radius 1 is 1.18 bits per heavy atom. The number of benzene rings is 2. The van der Waals surface area contributed by atoms with Gasteiger partial charge in [0.05, 0.1) is 30.9 Å². The van der Waals surface area contributed by atoms with Gasteiger partial charge in [0.2, 0.25) is 0 Å². The van der Waals surface area contributed by atoms with Crippen LogP contribution in [0.3, 0.4) is 0 Å². The van der Waals surface area contributed by atoms with Crippen LogP contribution in [-0.4, -0.2) is 28.9 Å². The summed E-state index contributed by atoms with van der Waals surface area (Å²) in [6.45, 7) is 6.09. The second-order valence-corrected chi connectivity index (χ2v) is 8.44. The molecule has 3 aromatic rings. The van der Waals surface area contributed by atoms with Crippen LogP contribution >= 0.6 is 23.4 Å². The Hall–Kier alpha value is -3.02. The van der Waals surface area contributed by atoms with Crippen molar-refractivity contribution in [3.05, 3.63) is 64.6 Å². The minimum Gasteiger partial charge on any atom is -0.494 e. The Morgan fingerprint density at radius 3 is 2.52 bits per heavy atom. The van der Waals surface area contributed by atoms with Gasteiger partial charge >= 0.3 is 0 Å². The third-order valence-electron chi connectivity index (χ3n) is 4.52. The van der Waals surface area contributed by atoms with Crippen LogP contribution in [0.25, 0.3) is 0 Å².